The molecule has 1 aliphatic rings. The summed E-state index contributed by atoms with van der Waals surface area (Å²) < 4.78 is 0. The number of hydrogen-bond donors (Lipinski definition) is 2. The number of rotatable bonds is 4. The van der Waals surface area contributed by atoms with Crippen molar-refractivity contribution >= 4 is 39.8 Å². The molecule has 1 aliphatic heterocycles. The van der Waals surface area contributed by atoms with Crippen molar-refractivity contribution in [1.82, 2.24) is 10.3 Å². The zero-order valence-corrected chi connectivity index (χ0v) is 15.2. The number of hydrogen-bond acceptors (Lipinski definition) is 5. The molecule has 3 aromatic rings. The summed E-state index contributed by atoms with van der Waals surface area (Å²) in [6.07, 6.45) is 3.60. The van der Waals surface area contributed by atoms with Crippen molar-refractivity contribution in [2.45, 2.75) is 6.04 Å². The van der Waals surface area contributed by atoms with E-state index in [1.807, 2.05) is 66.7 Å². The summed E-state index contributed by atoms with van der Waals surface area (Å²) in [6, 6.07) is 18.9. The first kappa shape index (κ1) is 17.5. The van der Waals surface area contributed by atoms with Crippen LogP contribution < -0.4 is 5.32 Å². The summed E-state index contributed by atoms with van der Waals surface area (Å²) in [6.45, 7) is -0.124. The van der Waals surface area contributed by atoms with Crippen molar-refractivity contribution in [3.8, 4) is 0 Å². The van der Waals surface area contributed by atoms with Crippen molar-refractivity contribution < 1.29 is 9.90 Å². The molecule has 1 saturated heterocycles. The van der Waals surface area contributed by atoms with E-state index in [2.05, 4.69) is 15.3 Å². The maximum Gasteiger partial charge on any atom is 0.264 e. The van der Waals surface area contributed by atoms with Gasteiger partial charge < -0.3 is 10.4 Å². The molecule has 0 unspecified atom stereocenters. The first-order valence-electron chi connectivity index (χ1n) is 8.52. The molecule has 27 heavy (non-hydrogen) atoms. The quantitative estimate of drug-likeness (QED) is 0.684. The number of carbonyl (C=O) groups excluding carboxylic acids is 1. The fraction of sp³-hybridized carbons (Fsp3) is 0.0952. The number of amidine groups is 1. The zero-order chi connectivity index (χ0) is 18.6. The highest BCUT2D eigenvalue weighted by atomic mass is 32.2. The van der Waals surface area contributed by atoms with Crippen molar-refractivity contribution in [3.63, 3.8) is 0 Å². The summed E-state index contributed by atoms with van der Waals surface area (Å²) >= 11 is 1.28. The Labute approximate surface area is 160 Å². The molecule has 2 N–H and O–H groups in total. The second-order valence-corrected chi connectivity index (χ2v) is 7.09. The average molecular weight is 375 g/mol. The normalized spacial score (nSPS) is 18.2. The number of nitrogens with one attached hydrogen (secondary N) is 1. The van der Waals surface area contributed by atoms with Gasteiger partial charge in [-0.2, -0.15) is 0 Å². The Morgan fingerprint density at radius 3 is 2.81 bits per heavy atom. The van der Waals surface area contributed by atoms with Gasteiger partial charge in [-0.25, -0.2) is 0 Å². The van der Waals surface area contributed by atoms with Gasteiger partial charge in [-0.15, -0.1) is 0 Å². The van der Waals surface area contributed by atoms with Crippen LogP contribution in [-0.4, -0.2) is 27.8 Å². The first-order chi connectivity index (χ1) is 13.2. The lowest BCUT2D eigenvalue weighted by molar-refractivity contribution is -0.115. The van der Waals surface area contributed by atoms with Crippen LogP contribution in [0.1, 0.15) is 17.2 Å². The lowest BCUT2D eigenvalue weighted by atomic mass is 10.1. The summed E-state index contributed by atoms with van der Waals surface area (Å²) in [5.41, 5.74) is 2.75. The van der Waals surface area contributed by atoms with Gasteiger partial charge in [-0.1, -0.05) is 42.5 Å². The number of amides is 1. The zero-order valence-electron chi connectivity index (χ0n) is 14.4. The van der Waals surface area contributed by atoms with Crippen LogP contribution in [0.25, 0.3) is 17.0 Å². The number of nitrogens with zero attached hydrogens (tertiary/aromatic N) is 2. The summed E-state index contributed by atoms with van der Waals surface area (Å²) in [5, 5.41) is 14.0. The van der Waals surface area contributed by atoms with Crippen LogP contribution in [0, 0.1) is 0 Å². The van der Waals surface area contributed by atoms with Gasteiger partial charge in [0.15, 0.2) is 5.17 Å². The maximum atomic E-state index is 12.3. The number of thioether (sulfide) groups is 1. The molecule has 6 heteroatoms. The molecule has 1 aromatic heterocycles. The van der Waals surface area contributed by atoms with Crippen LogP contribution in [0.2, 0.25) is 0 Å². The van der Waals surface area contributed by atoms with E-state index < -0.39 is 6.04 Å². The Hall–Kier alpha value is -2.96. The van der Waals surface area contributed by atoms with Gasteiger partial charge in [0.1, 0.15) is 6.04 Å². The van der Waals surface area contributed by atoms with Crippen molar-refractivity contribution in [3.05, 3.63) is 82.9 Å². The Kier molecular flexibility index (Phi) is 5.00. The Morgan fingerprint density at radius 2 is 2.00 bits per heavy atom. The Balaban J connectivity index is 1.58. The van der Waals surface area contributed by atoms with Gasteiger partial charge in [0, 0.05) is 11.6 Å². The van der Waals surface area contributed by atoms with E-state index in [1.54, 1.807) is 6.20 Å². The third-order valence-corrected chi connectivity index (χ3v) is 5.13. The van der Waals surface area contributed by atoms with Gasteiger partial charge >= 0.3 is 0 Å². The molecule has 134 valence electrons. The standard InChI is InChI=1S/C21H17N3O2S/c25-13-18(15-5-2-1-3-6-15)23-21-24-20(26)19(27-21)12-14-8-9-17-16(11-14)7-4-10-22-17/h1-12,18,25H,13H2,(H,23,24,26)/b19-12-/t18-/m0/s1. The minimum absolute atomic E-state index is 0.124. The maximum absolute atomic E-state index is 12.3. The number of carbonyl (C=O) groups is 1. The summed E-state index contributed by atoms with van der Waals surface area (Å²) in [7, 11) is 0. The second-order valence-electron chi connectivity index (χ2n) is 6.06. The predicted molar refractivity (Wildman–Crippen MR) is 109 cm³/mol. The topological polar surface area (TPSA) is 74.6 Å². The molecule has 2 heterocycles. The smallest absolute Gasteiger partial charge is 0.264 e. The fourth-order valence-corrected chi connectivity index (χ4v) is 3.73. The number of aliphatic imine (C=N–C) groups is 1. The SMILES string of the molecule is O=C1NC(=N[C@@H](CO)c2ccccc2)S/C1=C\c1ccc2ncccc2c1. The molecule has 5 nitrogen and oxygen atoms in total. The molecular formula is C21H17N3O2S. The van der Waals surface area contributed by atoms with Gasteiger partial charge in [-0.05, 0) is 47.2 Å². The number of aliphatic hydroxyl groups excluding tert-OH is 1. The number of fused-ring (bicyclic) bond motifs is 1. The van der Waals surface area contributed by atoms with E-state index in [9.17, 15) is 9.90 Å². The van der Waals surface area contributed by atoms with E-state index in [0.717, 1.165) is 22.0 Å². The van der Waals surface area contributed by atoms with Crippen LogP contribution >= 0.6 is 11.8 Å². The highest BCUT2D eigenvalue weighted by Crippen LogP contribution is 2.29. The number of aromatic nitrogens is 1. The molecule has 1 fully saturated rings. The highest BCUT2D eigenvalue weighted by molar-refractivity contribution is 8.18. The van der Waals surface area contributed by atoms with Gasteiger partial charge in [0.25, 0.3) is 5.91 Å². The molecule has 1 amide bonds. The van der Waals surface area contributed by atoms with Gasteiger partial charge in [0.05, 0.1) is 17.0 Å². The Morgan fingerprint density at radius 1 is 1.15 bits per heavy atom. The minimum atomic E-state index is -0.403. The summed E-state index contributed by atoms with van der Waals surface area (Å²) in [5.74, 6) is -0.185. The molecular weight excluding hydrogens is 358 g/mol. The third kappa shape index (κ3) is 3.92. The average Bonchev–Trinajstić information content (AvgIpc) is 3.05. The lowest BCUT2D eigenvalue weighted by Gasteiger charge is -2.10. The first-order valence-corrected chi connectivity index (χ1v) is 9.34. The van der Waals surface area contributed by atoms with Crippen molar-refractivity contribution in [2.24, 2.45) is 4.99 Å². The predicted octanol–water partition coefficient (Wildman–Crippen LogP) is 3.53. The van der Waals surface area contributed by atoms with Crippen LogP contribution in [0.5, 0.6) is 0 Å². The molecule has 0 radical (unpaired) electrons. The fourth-order valence-electron chi connectivity index (χ4n) is 2.86. The number of aliphatic hydroxyl groups is 1. The lowest BCUT2D eigenvalue weighted by Crippen LogP contribution is -2.21. The second kappa shape index (κ2) is 7.73. The van der Waals surface area contributed by atoms with Crippen LogP contribution in [0.4, 0.5) is 0 Å². The molecule has 0 spiro atoms. The highest BCUT2D eigenvalue weighted by Gasteiger charge is 2.25. The monoisotopic (exact) mass is 375 g/mol. The molecule has 4 rings (SSSR count). The van der Waals surface area contributed by atoms with Crippen LogP contribution in [0.15, 0.2) is 76.8 Å². The molecule has 0 saturated carbocycles. The van der Waals surface area contributed by atoms with Crippen LogP contribution in [-0.2, 0) is 4.79 Å². The van der Waals surface area contributed by atoms with E-state index in [4.69, 9.17) is 0 Å². The third-order valence-electron chi connectivity index (χ3n) is 4.21. The van der Waals surface area contributed by atoms with Crippen LogP contribution in [0.3, 0.4) is 0 Å². The van der Waals surface area contributed by atoms with Crippen molar-refractivity contribution in [2.75, 3.05) is 6.61 Å². The molecule has 0 aliphatic carbocycles. The number of benzene rings is 2. The minimum Gasteiger partial charge on any atom is -0.394 e. The molecule has 0 bridgehead atoms. The van der Waals surface area contributed by atoms with Crippen molar-refractivity contribution in [1.29, 1.82) is 0 Å². The molecule has 1 atom stereocenters. The van der Waals surface area contributed by atoms with Gasteiger partial charge in [-0.3, -0.25) is 14.8 Å². The van der Waals surface area contributed by atoms with E-state index >= 15 is 0 Å². The van der Waals surface area contributed by atoms with E-state index in [0.29, 0.717) is 10.1 Å². The number of pyridine rings is 1. The largest absolute Gasteiger partial charge is 0.394 e. The molecule has 2 aromatic carbocycles. The Bertz CT molecular complexity index is 1050. The van der Waals surface area contributed by atoms with E-state index in [-0.39, 0.29) is 12.5 Å². The van der Waals surface area contributed by atoms with Gasteiger partial charge in [0.2, 0.25) is 0 Å². The van der Waals surface area contributed by atoms with E-state index in [1.165, 1.54) is 11.8 Å². The summed E-state index contributed by atoms with van der Waals surface area (Å²) in [4.78, 5) is 21.7.